The van der Waals surface area contributed by atoms with Gasteiger partial charge in [0, 0.05) is 12.8 Å². The summed E-state index contributed by atoms with van der Waals surface area (Å²) < 4.78 is 38.7. The molecule has 1 amide bonds. The molecule has 1 atom stereocenters. The summed E-state index contributed by atoms with van der Waals surface area (Å²) in [5.41, 5.74) is 2.30. The molecular formula is C21H22FN3O3S. The highest BCUT2D eigenvalue weighted by Crippen LogP contribution is 2.32. The number of para-hydroxylation sites is 2. The van der Waals surface area contributed by atoms with Crippen LogP contribution in [0.4, 0.5) is 4.39 Å². The second kappa shape index (κ2) is 7.59. The van der Waals surface area contributed by atoms with Gasteiger partial charge in [0.25, 0.3) is 0 Å². The highest BCUT2D eigenvalue weighted by Gasteiger charge is 2.30. The van der Waals surface area contributed by atoms with Crippen LogP contribution < -0.4 is 0 Å². The van der Waals surface area contributed by atoms with Crippen molar-refractivity contribution < 1.29 is 17.6 Å². The number of rotatable bonds is 5. The summed E-state index contributed by atoms with van der Waals surface area (Å²) in [5, 5.41) is 0. The summed E-state index contributed by atoms with van der Waals surface area (Å²) in [5.74, 6) is -0.273. The summed E-state index contributed by atoms with van der Waals surface area (Å²) >= 11 is 0. The number of benzene rings is 2. The molecule has 1 fully saturated rings. The molecule has 0 aliphatic carbocycles. The first-order valence-electron chi connectivity index (χ1n) is 9.48. The molecular weight excluding hydrogens is 393 g/mol. The maximum absolute atomic E-state index is 13.3. The molecule has 2 heterocycles. The average Bonchev–Trinajstić information content (AvgIpc) is 3.27. The van der Waals surface area contributed by atoms with E-state index in [1.54, 1.807) is 27.7 Å². The van der Waals surface area contributed by atoms with E-state index in [1.807, 2.05) is 18.2 Å². The molecule has 8 heteroatoms. The second-order valence-electron chi connectivity index (χ2n) is 7.47. The molecule has 1 saturated heterocycles. The van der Waals surface area contributed by atoms with E-state index in [9.17, 15) is 17.6 Å². The van der Waals surface area contributed by atoms with Crippen molar-refractivity contribution in [3.8, 4) is 0 Å². The van der Waals surface area contributed by atoms with Crippen LogP contribution in [0.2, 0.25) is 0 Å². The van der Waals surface area contributed by atoms with Crippen LogP contribution in [0.25, 0.3) is 11.0 Å². The third-order valence-electron chi connectivity index (χ3n) is 5.25. The van der Waals surface area contributed by atoms with Gasteiger partial charge in [-0.15, -0.1) is 0 Å². The minimum Gasteiger partial charge on any atom is -0.334 e. The van der Waals surface area contributed by atoms with Gasteiger partial charge in [0.2, 0.25) is 5.91 Å². The summed E-state index contributed by atoms with van der Waals surface area (Å²) in [6.45, 7) is 0.637. The molecule has 2 aromatic carbocycles. The monoisotopic (exact) mass is 415 g/mol. The minimum absolute atomic E-state index is 0.0169. The number of nitrogens with zero attached hydrogens (tertiary/aromatic N) is 3. The van der Waals surface area contributed by atoms with Gasteiger partial charge < -0.3 is 9.47 Å². The van der Waals surface area contributed by atoms with Crippen molar-refractivity contribution in [3.63, 3.8) is 0 Å². The molecule has 29 heavy (non-hydrogen) atoms. The van der Waals surface area contributed by atoms with Gasteiger partial charge >= 0.3 is 0 Å². The van der Waals surface area contributed by atoms with Gasteiger partial charge in [0.05, 0.1) is 17.1 Å². The van der Waals surface area contributed by atoms with Crippen molar-refractivity contribution in [1.82, 2.24) is 14.5 Å². The Hall–Kier alpha value is -2.74. The standard InChI is InChI=1S/C21H22FN3O3S/c1-29(27,28)14-20-23-17-5-2-3-6-19(17)25(20)13-21(26)24-12-4-7-18(24)15-8-10-16(22)11-9-15/h2-3,5-6,8-11,18H,4,7,12-14H2,1H3. The highest BCUT2D eigenvalue weighted by atomic mass is 32.2. The van der Waals surface area contributed by atoms with Crippen molar-refractivity contribution in [1.29, 1.82) is 0 Å². The number of fused-ring (bicyclic) bond motifs is 1. The van der Waals surface area contributed by atoms with E-state index in [4.69, 9.17) is 0 Å². The Balaban J connectivity index is 1.64. The fourth-order valence-electron chi connectivity index (χ4n) is 3.97. The lowest BCUT2D eigenvalue weighted by molar-refractivity contribution is -0.132. The zero-order chi connectivity index (χ0) is 20.6. The Kier molecular flexibility index (Phi) is 5.12. The molecule has 0 bridgehead atoms. The minimum atomic E-state index is -3.30. The largest absolute Gasteiger partial charge is 0.334 e. The first kappa shape index (κ1) is 19.6. The lowest BCUT2D eigenvalue weighted by atomic mass is 10.0. The summed E-state index contributed by atoms with van der Waals surface area (Å²) in [6.07, 6.45) is 2.84. The van der Waals surface area contributed by atoms with Crippen molar-refractivity contribution in [2.45, 2.75) is 31.2 Å². The molecule has 0 N–H and O–H groups in total. The van der Waals surface area contributed by atoms with Crippen LogP contribution in [-0.2, 0) is 26.9 Å². The number of likely N-dealkylation sites (tertiary alicyclic amines) is 1. The van der Waals surface area contributed by atoms with E-state index in [0.717, 1.165) is 30.2 Å². The Morgan fingerprint density at radius 1 is 1.17 bits per heavy atom. The molecule has 6 nitrogen and oxygen atoms in total. The smallest absolute Gasteiger partial charge is 0.243 e. The van der Waals surface area contributed by atoms with E-state index in [-0.39, 0.29) is 30.1 Å². The molecule has 3 aromatic rings. The second-order valence-corrected chi connectivity index (χ2v) is 9.61. The number of hydrogen-bond acceptors (Lipinski definition) is 4. The van der Waals surface area contributed by atoms with Crippen molar-refractivity contribution >= 4 is 26.8 Å². The number of imidazole rings is 1. The van der Waals surface area contributed by atoms with Crippen LogP contribution in [0.1, 0.15) is 30.3 Å². The van der Waals surface area contributed by atoms with Crippen molar-refractivity contribution in [2.75, 3.05) is 12.8 Å². The van der Waals surface area contributed by atoms with Gasteiger partial charge in [-0.1, -0.05) is 24.3 Å². The van der Waals surface area contributed by atoms with Gasteiger partial charge in [0.15, 0.2) is 9.84 Å². The third kappa shape index (κ3) is 4.17. The van der Waals surface area contributed by atoms with Crippen molar-refractivity contribution in [3.05, 3.63) is 65.7 Å². The Morgan fingerprint density at radius 3 is 2.62 bits per heavy atom. The normalized spacial score (nSPS) is 17.2. The van der Waals surface area contributed by atoms with E-state index in [0.29, 0.717) is 17.9 Å². The molecule has 0 radical (unpaired) electrons. The predicted octanol–water partition coefficient (Wildman–Crippen LogP) is 3.08. The topological polar surface area (TPSA) is 72.3 Å². The van der Waals surface area contributed by atoms with Gasteiger partial charge in [-0.3, -0.25) is 4.79 Å². The van der Waals surface area contributed by atoms with Crippen molar-refractivity contribution in [2.24, 2.45) is 0 Å². The quantitative estimate of drug-likeness (QED) is 0.642. The first-order chi connectivity index (χ1) is 13.8. The molecule has 152 valence electrons. The third-order valence-corrected chi connectivity index (χ3v) is 6.03. The molecule has 0 spiro atoms. The molecule has 4 rings (SSSR count). The van der Waals surface area contributed by atoms with Crippen LogP contribution in [0.3, 0.4) is 0 Å². The van der Waals surface area contributed by atoms with Gasteiger partial charge in [-0.05, 0) is 42.7 Å². The summed E-state index contributed by atoms with van der Waals surface area (Å²) in [7, 11) is -3.30. The van der Waals surface area contributed by atoms with Gasteiger partial charge in [0.1, 0.15) is 23.9 Å². The highest BCUT2D eigenvalue weighted by molar-refractivity contribution is 7.89. The molecule has 1 aromatic heterocycles. The number of carbonyl (C=O) groups is 1. The number of halogens is 1. The summed E-state index contributed by atoms with van der Waals surface area (Å²) in [6, 6.07) is 13.5. The van der Waals surface area contributed by atoms with Gasteiger partial charge in [-0.2, -0.15) is 0 Å². The fraction of sp³-hybridized carbons (Fsp3) is 0.333. The average molecular weight is 415 g/mol. The zero-order valence-corrected chi connectivity index (χ0v) is 16.9. The molecule has 1 aliphatic heterocycles. The SMILES string of the molecule is CS(=O)(=O)Cc1nc2ccccc2n1CC(=O)N1CCCC1c1ccc(F)cc1. The van der Waals surface area contributed by atoms with Crippen LogP contribution in [0, 0.1) is 5.82 Å². The maximum Gasteiger partial charge on any atom is 0.243 e. The first-order valence-corrected chi connectivity index (χ1v) is 11.5. The number of hydrogen-bond donors (Lipinski definition) is 0. The molecule has 0 saturated carbocycles. The lowest BCUT2D eigenvalue weighted by Gasteiger charge is -2.26. The lowest BCUT2D eigenvalue weighted by Crippen LogP contribution is -2.34. The van der Waals surface area contributed by atoms with E-state index in [2.05, 4.69) is 4.98 Å². The van der Waals surface area contributed by atoms with Gasteiger partial charge in [-0.25, -0.2) is 17.8 Å². The number of sulfone groups is 1. The summed E-state index contributed by atoms with van der Waals surface area (Å²) in [4.78, 5) is 19.4. The van der Waals surface area contributed by atoms with E-state index >= 15 is 0 Å². The Bertz CT molecular complexity index is 1160. The van der Waals surface area contributed by atoms with Crippen LogP contribution in [-0.4, -0.2) is 41.6 Å². The van der Waals surface area contributed by atoms with Crippen LogP contribution in [0.5, 0.6) is 0 Å². The molecule has 1 unspecified atom stereocenters. The Labute approximate surface area is 168 Å². The number of carbonyl (C=O) groups excluding carboxylic acids is 1. The predicted molar refractivity (Wildman–Crippen MR) is 108 cm³/mol. The van der Waals surface area contributed by atoms with Crippen LogP contribution in [0.15, 0.2) is 48.5 Å². The number of amides is 1. The Morgan fingerprint density at radius 2 is 1.90 bits per heavy atom. The van der Waals surface area contributed by atoms with Crippen LogP contribution >= 0.6 is 0 Å². The van der Waals surface area contributed by atoms with E-state index < -0.39 is 9.84 Å². The van der Waals surface area contributed by atoms with E-state index in [1.165, 1.54) is 12.1 Å². The number of aromatic nitrogens is 2. The molecule has 1 aliphatic rings. The zero-order valence-electron chi connectivity index (χ0n) is 16.1. The maximum atomic E-state index is 13.3. The fourth-order valence-corrected chi connectivity index (χ4v) is 4.66.